The molecule has 2 amide bonds. The van der Waals surface area contributed by atoms with Gasteiger partial charge in [0.1, 0.15) is 6.09 Å². The maximum absolute atomic E-state index is 14.4. The number of nitrogens with one attached hydrogen (secondary N) is 1. The summed E-state index contributed by atoms with van der Waals surface area (Å²) < 4.78 is 52.3. The number of aliphatic hydroxyl groups is 1. The van der Waals surface area contributed by atoms with Gasteiger partial charge in [-0.3, -0.25) is 4.79 Å². The van der Waals surface area contributed by atoms with E-state index in [1.165, 1.54) is 22.5 Å². The third kappa shape index (κ3) is 7.99. The number of carboxylic acid groups (broad SMARTS) is 1. The van der Waals surface area contributed by atoms with Gasteiger partial charge in [0.25, 0.3) is 0 Å². The summed E-state index contributed by atoms with van der Waals surface area (Å²) in [6, 6.07) is 11.8. The minimum Gasteiger partial charge on any atom is -0.530 e. The Morgan fingerprint density at radius 1 is 1.06 bits per heavy atom. The van der Waals surface area contributed by atoms with Crippen LogP contribution in [0.1, 0.15) is 51.5 Å². The Hall–Kier alpha value is -3.43. The number of hydrogen-bond acceptors (Lipinski definition) is 10. The van der Waals surface area contributed by atoms with E-state index in [0.717, 1.165) is 29.7 Å². The molecule has 3 fully saturated rings. The third-order valence-electron chi connectivity index (χ3n) is 10.2. The number of amides is 2. The van der Waals surface area contributed by atoms with Gasteiger partial charge >= 0.3 is 0 Å². The third-order valence-corrected chi connectivity index (χ3v) is 12.0. The van der Waals surface area contributed by atoms with Crippen molar-refractivity contribution >= 4 is 22.0 Å². The summed E-state index contributed by atoms with van der Waals surface area (Å²) in [5.74, 6) is 0.517. The fraction of sp³-hybridized carbons (Fsp3) is 0.600. The fourth-order valence-corrected chi connectivity index (χ4v) is 8.84. The molecule has 0 unspecified atom stereocenters. The molecule has 1 saturated carbocycles. The van der Waals surface area contributed by atoms with Crippen LogP contribution in [-0.2, 0) is 30.7 Å². The molecule has 1 aliphatic carbocycles. The average molecular weight is 701 g/mol. The Morgan fingerprint density at radius 3 is 2.53 bits per heavy atom. The van der Waals surface area contributed by atoms with E-state index in [2.05, 4.69) is 5.32 Å². The standard InChI is InChI=1S/C35H47N3O10S/c1-35(2,14-15-36-32(40)24-9-6-10-24)21-37(49(43,44)25-11-12-30-31(18-25)48-22-47-30)19-29(39)27(17-23-7-4-3-5-8-23)38(34(41)42)28-20-46-33-26(28)13-16-45-33/h3-5,7-8,11-12,18,24,26-29,33,39H,6,9-10,13-17,19-22H2,1-2H3,(H,36,40)(H,41,42)/p-1/t26-,27-,28-,29+,33+/m0/s1. The summed E-state index contributed by atoms with van der Waals surface area (Å²) >= 11 is 0. The van der Waals surface area contributed by atoms with Crippen molar-refractivity contribution in [1.82, 2.24) is 14.5 Å². The van der Waals surface area contributed by atoms with Gasteiger partial charge in [-0.2, -0.15) is 4.31 Å². The van der Waals surface area contributed by atoms with Crippen molar-refractivity contribution in [3.8, 4) is 11.5 Å². The molecule has 3 heterocycles. The molecule has 2 aromatic rings. The number of benzene rings is 2. The van der Waals surface area contributed by atoms with E-state index >= 15 is 0 Å². The van der Waals surface area contributed by atoms with E-state index in [0.29, 0.717) is 37.5 Å². The van der Waals surface area contributed by atoms with Crippen molar-refractivity contribution in [2.75, 3.05) is 39.6 Å². The molecule has 0 spiro atoms. The van der Waals surface area contributed by atoms with Gasteiger partial charge in [0, 0.05) is 37.5 Å². The molecule has 0 bridgehead atoms. The van der Waals surface area contributed by atoms with Crippen molar-refractivity contribution in [3.05, 3.63) is 54.1 Å². The number of aliphatic hydroxyl groups excluding tert-OH is 1. The van der Waals surface area contributed by atoms with Crippen molar-refractivity contribution < 1.29 is 47.2 Å². The Kier molecular flexibility index (Phi) is 10.7. The summed E-state index contributed by atoms with van der Waals surface area (Å²) in [4.78, 5) is 26.5. The summed E-state index contributed by atoms with van der Waals surface area (Å²) in [6.45, 7) is 4.21. The van der Waals surface area contributed by atoms with Gasteiger partial charge in [0.2, 0.25) is 22.7 Å². The van der Waals surface area contributed by atoms with E-state index in [1.54, 1.807) is 0 Å². The summed E-state index contributed by atoms with van der Waals surface area (Å²) in [7, 11) is -4.26. The lowest BCUT2D eigenvalue weighted by atomic mass is 9.84. The molecular weight excluding hydrogens is 654 g/mol. The predicted octanol–water partition coefficient (Wildman–Crippen LogP) is 2.12. The molecule has 6 rings (SSSR count). The van der Waals surface area contributed by atoms with Crippen LogP contribution in [0, 0.1) is 17.3 Å². The molecule has 49 heavy (non-hydrogen) atoms. The molecule has 13 nitrogen and oxygen atoms in total. The monoisotopic (exact) mass is 700 g/mol. The highest BCUT2D eigenvalue weighted by atomic mass is 32.2. The van der Waals surface area contributed by atoms with Crippen molar-refractivity contribution in [2.45, 2.75) is 81.7 Å². The molecule has 3 aliphatic heterocycles. The predicted molar refractivity (Wildman–Crippen MR) is 175 cm³/mol. The van der Waals surface area contributed by atoms with Crippen LogP contribution in [0.2, 0.25) is 0 Å². The molecule has 268 valence electrons. The van der Waals surface area contributed by atoms with Crippen LogP contribution in [0.4, 0.5) is 4.79 Å². The largest absolute Gasteiger partial charge is 0.530 e. The van der Waals surface area contributed by atoms with E-state index in [-0.39, 0.29) is 49.0 Å². The summed E-state index contributed by atoms with van der Waals surface area (Å²) in [5, 5.41) is 28.0. The normalized spacial score (nSPS) is 23.1. The van der Waals surface area contributed by atoms with Gasteiger partial charge in [-0.15, -0.1) is 0 Å². The zero-order valence-electron chi connectivity index (χ0n) is 28.0. The summed E-state index contributed by atoms with van der Waals surface area (Å²) in [5.41, 5.74) is 0.121. The van der Waals surface area contributed by atoms with Gasteiger partial charge < -0.3 is 44.2 Å². The Morgan fingerprint density at radius 2 is 1.82 bits per heavy atom. The van der Waals surface area contributed by atoms with Crippen LogP contribution in [0.25, 0.3) is 0 Å². The van der Waals surface area contributed by atoms with Gasteiger partial charge in [-0.05, 0) is 55.2 Å². The van der Waals surface area contributed by atoms with Crippen molar-refractivity contribution in [3.63, 3.8) is 0 Å². The average Bonchev–Trinajstić information content (AvgIpc) is 3.78. The van der Waals surface area contributed by atoms with Crippen LogP contribution in [0.3, 0.4) is 0 Å². The first-order chi connectivity index (χ1) is 23.4. The highest BCUT2D eigenvalue weighted by Gasteiger charge is 2.47. The number of carbonyl (C=O) groups is 2. The van der Waals surface area contributed by atoms with Gasteiger partial charge in [0.05, 0.1) is 36.3 Å². The molecular formula is C35H46N3O10S-. The Labute approximate surface area is 287 Å². The van der Waals surface area contributed by atoms with E-state index in [1.807, 2.05) is 44.2 Å². The molecule has 0 radical (unpaired) electrons. The first-order valence-corrected chi connectivity index (χ1v) is 18.5. The van der Waals surface area contributed by atoms with Crippen LogP contribution in [0.5, 0.6) is 11.5 Å². The molecule has 2 saturated heterocycles. The van der Waals surface area contributed by atoms with E-state index < -0.39 is 52.6 Å². The fourth-order valence-electron chi connectivity index (χ4n) is 7.18. The second-order valence-electron chi connectivity index (χ2n) is 14.2. The van der Waals surface area contributed by atoms with Crippen LogP contribution < -0.4 is 19.9 Å². The Balaban J connectivity index is 1.29. The molecule has 0 aromatic heterocycles. The van der Waals surface area contributed by atoms with Crippen LogP contribution >= 0.6 is 0 Å². The number of rotatable bonds is 15. The highest BCUT2D eigenvalue weighted by Crippen LogP contribution is 2.38. The van der Waals surface area contributed by atoms with Gasteiger partial charge in [0.15, 0.2) is 17.8 Å². The number of carbonyl (C=O) groups excluding carboxylic acids is 2. The first-order valence-electron chi connectivity index (χ1n) is 17.0. The molecule has 14 heteroatoms. The zero-order valence-corrected chi connectivity index (χ0v) is 28.8. The van der Waals surface area contributed by atoms with Crippen LogP contribution in [0.15, 0.2) is 53.4 Å². The van der Waals surface area contributed by atoms with E-state index in [9.17, 15) is 28.2 Å². The lowest BCUT2D eigenvalue weighted by Crippen LogP contribution is -2.61. The molecule has 4 aliphatic rings. The second-order valence-corrected chi connectivity index (χ2v) is 16.2. The number of hydrogen-bond donors (Lipinski definition) is 2. The highest BCUT2D eigenvalue weighted by molar-refractivity contribution is 7.89. The Bertz CT molecular complexity index is 1590. The molecule has 2 aromatic carbocycles. The molecule has 2 N–H and O–H groups in total. The topological polar surface area (TPSA) is 167 Å². The van der Waals surface area contributed by atoms with Gasteiger partial charge in [-0.1, -0.05) is 50.6 Å². The smallest absolute Gasteiger partial charge is 0.243 e. The maximum atomic E-state index is 14.4. The second kappa shape index (κ2) is 14.8. The van der Waals surface area contributed by atoms with Gasteiger partial charge in [-0.25, -0.2) is 8.42 Å². The SMILES string of the molecule is CC(C)(CCNC(=O)C1CCC1)CN(C[C@@H](O)[C@H](Cc1ccccc1)N(C(=O)[O-])[C@H]1CO[C@H]2OCC[C@H]21)S(=O)(=O)c1ccc2c(c1)OCO2. The van der Waals surface area contributed by atoms with Crippen molar-refractivity contribution in [2.24, 2.45) is 17.3 Å². The van der Waals surface area contributed by atoms with Crippen LogP contribution in [-0.4, -0.2) is 98.8 Å². The number of fused-ring (bicyclic) bond motifs is 2. The maximum Gasteiger partial charge on any atom is 0.243 e. The minimum atomic E-state index is -4.26. The lowest BCUT2D eigenvalue weighted by Gasteiger charge is -2.43. The number of nitrogens with zero attached hydrogens (tertiary/aromatic N) is 2. The minimum absolute atomic E-state index is 0.0132. The van der Waals surface area contributed by atoms with E-state index in [4.69, 9.17) is 18.9 Å². The summed E-state index contributed by atoms with van der Waals surface area (Å²) in [6.07, 6.45) is 0.480. The lowest BCUT2D eigenvalue weighted by molar-refractivity contribution is -0.273. The number of sulfonamides is 1. The number of ether oxygens (including phenoxy) is 4. The first kappa shape index (κ1) is 35.4. The quantitative estimate of drug-likeness (QED) is 0.281. The van der Waals surface area contributed by atoms with Crippen molar-refractivity contribution in [1.29, 1.82) is 0 Å². The molecule has 5 atom stereocenters. The zero-order chi connectivity index (χ0) is 34.8.